The standard InChI is InChI=1S/C5H6N2O.Cr/c6-5(8)7-3-1-2-4-7;/h1-4H,(H2,6,8);. The van der Waals surface area contributed by atoms with Gasteiger partial charge in [0.25, 0.3) is 0 Å². The van der Waals surface area contributed by atoms with E-state index in [2.05, 4.69) is 0 Å². The molecular weight excluding hydrogens is 156 g/mol. The topological polar surface area (TPSA) is 48.0 Å². The summed E-state index contributed by atoms with van der Waals surface area (Å²) in [4.78, 5) is 10.2. The van der Waals surface area contributed by atoms with E-state index in [0.29, 0.717) is 0 Å². The van der Waals surface area contributed by atoms with Crippen molar-refractivity contribution < 1.29 is 22.2 Å². The molecule has 48 valence electrons. The molecule has 1 aromatic heterocycles. The Balaban J connectivity index is 0.000000640. The zero-order valence-corrected chi connectivity index (χ0v) is 5.93. The van der Waals surface area contributed by atoms with Crippen LogP contribution in [0, 0.1) is 0 Å². The number of aromatic nitrogens is 1. The van der Waals surface area contributed by atoms with Gasteiger partial charge in [0, 0.05) is 29.8 Å². The molecule has 9 heavy (non-hydrogen) atoms. The van der Waals surface area contributed by atoms with Crippen molar-refractivity contribution in [3.63, 3.8) is 0 Å². The second-order valence-corrected chi connectivity index (χ2v) is 1.43. The number of hydrogen-bond donors (Lipinski definition) is 1. The van der Waals surface area contributed by atoms with Crippen LogP contribution in [0.2, 0.25) is 0 Å². The number of nitrogens with zero attached hydrogens (tertiary/aromatic N) is 1. The first kappa shape index (κ1) is 8.28. The van der Waals surface area contributed by atoms with Gasteiger partial charge in [-0.3, -0.25) is 4.57 Å². The van der Waals surface area contributed by atoms with Crippen molar-refractivity contribution >= 4 is 6.03 Å². The van der Waals surface area contributed by atoms with E-state index >= 15 is 0 Å². The number of carbonyl (C=O) groups is 1. The second-order valence-electron chi connectivity index (χ2n) is 1.43. The predicted molar refractivity (Wildman–Crippen MR) is 29.4 cm³/mol. The molecular formula is C5H6CrN2O. The van der Waals surface area contributed by atoms with Crippen LogP contribution >= 0.6 is 0 Å². The van der Waals surface area contributed by atoms with E-state index in [9.17, 15) is 4.79 Å². The molecule has 0 aromatic carbocycles. The fourth-order valence-electron chi connectivity index (χ4n) is 0.481. The Hall–Kier alpha value is -0.718. The fraction of sp³-hybridized carbons (Fsp3) is 0. The molecule has 0 aliphatic carbocycles. The Morgan fingerprint density at radius 2 is 1.78 bits per heavy atom. The normalized spacial score (nSPS) is 8.00. The molecule has 0 bridgehead atoms. The number of carbonyl (C=O) groups excluding carboxylic acids is 1. The summed E-state index contributed by atoms with van der Waals surface area (Å²) in [7, 11) is 0. The number of primary amides is 1. The molecule has 0 radical (unpaired) electrons. The molecule has 1 amide bonds. The van der Waals surface area contributed by atoms with Gasteiger partial charge in [0.15, 0.2) is 0 Å². The monoisotopic (exact) mass is 162 g/mol. The van der Waals surface area contributed by atoms with Gasteiger partial charge in [-0.15, -0.1) is 0 Å². The van der Waals surface area contributed by atoms with Gasteiger partial charge >= 0.3 is 6.03 Å². The minimum absolute atomic E-state index is 0. The Morgan fingerprint density at radius 3 is 2.00 bits per heavy atom. The Morgan fingerprint density at radius 1 is 1.33 bits per heavy atom. The summed E-state index contributed by atoms with van der Waals surface area (Å²) in [5.41, 5.74) is 4.88. The molecule has 0 spiro atoms. The van der Waals surface area contributed by atoms with Crippen molar-refractivity contribution in [2.45, 2.75) is 0 Å². The molecule has 0 fully saturated rings. The summed E-state index contributed by atoms with van der Waals surface area (Å²) in [6, 6.07) is 3.03. The molecule has 1 aromatic rings. The average molecular weight is 162 g/mol. The third-order valence-electron chi connectivity index (χ3n) is 0.859. The molecule has 2 N–H and O–H groups in total. The van der Waals surface area contributed by atoms with Crippen LogP contribution in [0.25, 0.3) is 0 Å². The van der Waals surface area contributed by atoms with Crippen LogP contribution in [0.3, 0.4) is 0 Å². The molecule has 0 unspecified atom stereocenters. The van der Waals surface area contributed by atoms with E-state index in [1.54, 1.807) is 24.5 Å². The van der Waals surface area contributed by atoms with Crippen LogP contribution in [-0.4, -0.2) is 10.6 Å². The summed E-state index contributed by atoms with van der Waals surface area (Å²) in [6.45, 7) is 0. The summed E-state index contributed by atoms with van der Waals surface area (Å²) in [6.07, 6.45) is 3.20. The van der Waals surface area contributed by atoms with Crippen molar-refractivity contribution in [1.29, 1.82) is 0 Å². The van der Waals surface area contributed by atoms with Gasteiger partial charge in [-0.05, 0) is 12.1 Å². The van der Waals surface area contributed by atoms with Gasteiger partial charge in [0.2, 0.25) is 0 Å². The first-order chi connectivity index (χ1) is 3.80. The zero-order valence-electron chi connectivity index (χ0n) is 4.65. The van der Waals surface area contributed by atoms with Crippen molar-refractivity contribution in [3.05, 3.63) is 24.5 Å². The maximum absolute atomic E-state index is 10.2. The SMILES string of the molecule is NC(=O)n1cccc1.[Cr]. The number of hydrogen-bond acceptors (Lipinski definition) is 1. The van der Waals surface area contributed by atoms with Crippen LogP contribution in [0.1, 0.15) is 0 Å². The summed E-state index contributed by atoms with van der Waals surface area (Å²) in [5.74, 6) is 0. The largest absolute Gasteiger partial charge is 0.351 e. The van der Waals surface area contributed by atoms with E-state index < -0.39 is 6.03 Å². The van der Waals surface area contributed by atoms with Gasteiger partial charge in [0.1, 0.15) is 0 Å². The number of rotatable bonds is 0. The number of amides is 1. The van der Waals surface area contributed by atoms with Crippen LogP contribution in [-0.2, 0) is 17.4 Å². The van der Waals surface area contributed by atoms with Gasteiger partial charge < -0.3 is 5.73 Å². The Labute approximate surface area is 63.6 Å². The molecule has 0 saturated heterocycles. The van der Waals surface area contributed by atoms with Gasteiger partial charge in [-0.25, -0.2) is 4.79 Å². The molecule has 0 atom stereocenters. The first-order valence-electron chi connectivity index (χ1n) is 2.23. The minimum atomic E-state index is -0.449. The van der Waals surface area contributed by atoms with E-state index in [0.717, 1.165) is 0 Å². The molecule has 0 saturated carbocycles. The van der Waals surface area contributed by atoms with Crippen molar-refractivity contribution in [3.8, 4) is 0 Å². The predicted octanol–water partition coefficient (Wildman–Crippen LogP) is 0.412. The van der Waals surface area contributed by atoms with Gasteiger partial charge in [-0.2, -0.15) is 0 Å². The second kappa shape index (κ2) is 3.34. The fourth-order valence-corrected chi connectivity index (χ4v) is 0.481. The summed E-state index contributed by atoms with van der Waals surface area (Å²) >= 11 is 0. The molecule has 3 nitrogen and oxygen atoms in total. The van der Waals surface area contributed by atoms with Crippen molar-refractivity contribution in [2.24, 2.45) is 5.73 Å². The van der Waals surface area contributed by atoms with Gasteiger partial charge in [0.05, 0.1) is 0 Å². The minimum Gasteiger partial charge on any atom is -0.351 e. The molecule has 4 heteroatoms. The van der Waals surface area contributed by atoms with Crippen molar-refractivity contribution in [2.75, 3.05) is 0 Å². The molecule has 0 aliphatic rings. The molecule has 1 heterocycles. The Kier molecular flexibility index (Phi) is 3.07. The Bertz CT molecular complexity index is 183. The zero-order chi connectivity index (χ0) is 5.98. The smallest absolute Gasteiger partial charge is 0.322 e. The third-order valence-corrected chi connectivity index (χ3v) is 0.859. The third kappa shape index (κ3) is 1.92. The van der Waals surface area contributed by atoms with E-state index in [1.807, 2.05) is 0 Å². The van der Waals surface area contributed by atoms with Crippen LogP contribution in [0.5, 0.6) is 0 Å². The summed E-state index contributed by atoms with van der Waals surface area (Å²) in [5, 5.41) is 0. The van der Waals surface area contributed by atoms with Gasteiger partial charge in [-0.1, -0.05) is 0 Å². The quantitative estimate of drug-likeness (QED) is 0.590. The maximum atomic E-state index is 10.2. The van der Waals surface area contributed by atoms with Crippen LogP contribution < -0.4 is 5.73 Å². The van der Waals surface area contributed by atoms with E-state index in [1.165, 1.54) is 4.57 Å². The maximum Gasteiger partial charge on any atom is 0.322 e. The molecule has 0 aliphatic heterocycles. The van der Waals surface area contributed by atoms with E-state index in [-0.39, 0.29) is 17.4 Å². The van der Waals surface area contributed by atoms with E-state index in [4.69, 9.17) is 5.73 Å². The van der Waals surface area contributed by atoms with Crippen molar-refractivity contribution in [1.82, 2.24) is 4.57 Å². The average Bonchev–Trinajstić information content (AvgIpc) is 2.12. The first-order valence-corrected chi connectivity index (χ1v) is 2.23. The van der Waals surface area contributed by atoms with Crippen LogP contribution in [0.15, 0.2) is 24.5 Å². The van der Waals surface area contributed by atoms with Crippen LogP contribution in [0.4, 0.5) is 4.79 Å². The summed E-state index contributed by atoms with van der Waals surface area (Å²) < 4.78 is 1.31. The number of nitrogens with two attached hydrogens (primary N) is 1. The molecule has 1 rings (SSSR count).